The molecule has 0 bridgehead atoms. The summed E-state index contributed by atoms with van der Waals surface area (Å²) in [7, 11) is -4.12. The molecule has 1 aromatic rings. The number of carboxylic acids is 1. The number of carbonyl (C=O) groups is 4. The van der Waals surface area contributed by atoms with Gasteiger partial charge in [-0.15, -0.1) is 22.0 Å². The summed E-state index contributed by atoms with van der Waals surface area (Å²) in [6, 6.07) is -0.979. The molecule has 2 amide bonds. The van der Waals surface area contributed by atoms with Crippen molar-refractivity contribution in [2.24, 2.45) is 4.99 Å². The Balaban J connectivity index is 1.55. The first-order valence-electron chi connectivity index (χ1n) is 10.9. The molecule has 2 unspecified atom stereocenters. The third kappa shape index (κ3) is 6.18. The number of β-lactam (4-membered cyclic amide) rings is 1. The summed E-state index contributed by atoms with van der Waals surface area (Å²) in [5, 5.41) is 24.4. The number of tetrazole rings is 1. The fraction of sp³-hybridized carbons (Fsp3) is 0.474. The number of carbonyl (C=O) groups excluding carboxylic acids is 3. The van der Waals surface area contributed by atoms with Gasteiger partial charge in [0.25, 0.3) is 5.91 Å². The lowest BCUT2D eigenvalue weighted by Gasteiger charge is -2.50. The van der Waals surface area contributed by atoms with E-state index < -0.39 is 48.2 Å². The molecule has 1 aromatic heterocycles. The van der Waals surface area contributed by atoms with Crippen LogP contribution < -0.4 is 5.32 Å². The molecule has 0 saturated carbocycles. The predicted octanol–water partition coefficient (Wildman–Crippen LogP) is -0.0615. The van der Waals surface area contributed by atoms with Gasteiger partial charge in [-0.1, -0.05) is 11.8 Å². The Bertz CT molecular complexity index is 1250. The van der Waals surface area contributed by atoms with Gasteiger partial charge < -0.3 is 19.8 Å². The number of fused-ring (bicyclic) bond motifs is 1. The fourth-order valence-electron chi connectivity index (χ4n) is 3.92. The van der Waals surface area contributed by atoms with Crippen LogP contribution in [0.25, 0.3) is 0 Å². The maximum atomic E-state index is 13.0. The molecule has 4 atom stereocenters. The van der Waals surface area contributed by atoms with Gasteiger partial charge in [-0.2, -0.15) is 5.21 Å². The Morgan fingerprint density at radius 3 is 2.86 bits per heavy atom. The van der Waals surface area contributed by atoms with Crippen LogP contribution in [0.1, 0.15) is 19.8 Å². The van der Waals surface area contributed by atoms with Crippen LogP contribution in [0, 0.1) is 0 Å². The largest absolute Gasteiger partial charge is 0.477 e. The number of hydrogen-bond acceptors (Lipinski definition) is 12. The molecular weight excluding hydrogens is 549 g/mol. The van der Waals surface area contributed by atoms with Crippen LogP contribution in [0.2, 0.25) is 0 Å². The number of aliphatic carboxylic acids is 1. The number of H-pyrrole nitrogens is 1. The average molecular weight is 572 g/mol. The minimum atomic E-state index is -4.12. The standard InChI is InChI=1S/C19H22N7O8PS2/c1-2-34-35(32,33)7-12(37-19-22-24-25-23-19)11-8-36-17-14(16(29)26(17)15(11)18(30)31)21-13(28)6-9-5-10(27)3-4-20-9/h4-5,12,14,17H,2-3,6-8H2,1H3,(H,21,28)(H,30,31)(H,32,33)(H,22,23,24,25)/t12?,14-,17+/m1/s1. The molecule has 1 saturated heterocycles. The second-order valence-electron chi connectivity index (χ2n) is 7.97. The molecule has 0 spiro atoms. The number of nitrogens with zero attached hydrogens (tertiary/aromatic N) is 5. The zero-order chi connectivity index (χ0) is 26.7. The first kappa shape index (κ1) is 27.2. The van der Waals surface area contributed by atoms with E-state index >= 15 is 0 Å². The molecule has 4 heterocycles. The highest BCUT2D eigenvalue weighted by molar-refractivity contribution is 8.01. The van der Waals surface area contributed by atoms with Gasteiger partial charge >= 0.3 is 13.6 Å². The monoisotopic (exact) mass is 571 g/mol. The molecule has 3 aliphatic heterocycles. The second kappa shape index (κ2) is 11.3. The molecular formula is C19H22N7O8PS2. The highest BCUT2D eigenvalue weighted by atomic mass is 32.2. The van der Waals surface area contributed by atoms with Crippen LogP contribution in [-0.2, 0) is 28.3 Å². The number of hydrogen-bond donors (Lipinski definition) is 4. The quantitative estimate of drug-likeness (QED) is 0.156. The Morgan fingerprint density at radius 2 is 2.22 bits per heavy atom. The number of rotatable bonds is 11. The number of aliphatic imine (C=N–C) groups is 1. The molecule has 1 fully saturated rings. The molecule has 3 aliphatic rings. The van der Waals surface area contributed by atoms with E-state index in [1.54, 1.807) is 6.92 Å². The third-order valence-corrected chi connectivity index (χ3v) is 9.58. The van der Waals surface area contributed by atoms with Crippen molar-refractivity contribution in [3.05, 3.63) is 23.0 Å². The van der Waals surface area contributed by atoms with Gasteiger partial charge in [-0.25, -0.2) is 4.79 Å². The predicted molar refractivity (Wildman–Crippen MR) is 131 cm³/mol. The third-order valence-electron chi connectivity index (χ3n) is 5.43. The van der Waals surface area contributed by atoms with E-state index in [-0.39, 0.29) is 53.1 Å². The van der Waals surface area contributed by atoms with Gasteiger partial charge in [0.15, 0.2) is 5.78 Å². The number of aromatic amines is 1. The summed E-state index contributed by atoms with van der Waals surface area (Å²) in [4.78, 5) is 64.6. The fourth-order valence-corrected chi connectivity index (χ4v) is 8.24. The van der Waals surface area contributed by atoms with Crippen LogP contribution in [0.4, 0.5) is 0 Å². The topological polar surface area (TPSA) is 217 Å². The Kier molecular flexibility index (Phi) is 8.28. The maximum absolute atomic E-state index is 13.0. The first-order chi connectivity index (χ1) is 17.6. The Hall–Kier alpha value is -2.85. The summed E-state index contributed by atoms with van der Waals surface area (Å²) in [6.45, 7) is 1.52. The van der Waals surface area contributed by atoms with Crippen LogP contribution >= 0.6 is 31.1 Å². The molecule has 0 radical (unpaired) electrons. The number of carboxylic acid groups (broad SMARTS) is 1. The van der Waals surface area contributed by atoms with E-state index in [1.165, 1.54) is 24.1 Å². The van der Waals surface area contributed by atoms with Crippen molar-refractivity contribution in [1.29, 1.82) is 0 Å². The number of allylic oxidation sites excluding steroid dienone is 1. The Morgan fingerprint density at radius 1 is 1.43 bits per heavy atom. The van der Waals surface area contributed by atoms with Crippen LogP contribution in [0.15, 0.2) is 33.2 Å². The summed E-state index contributed by atoms with van der Waals surface area (Å²) < 4.78 is 17.5. The number of ketones is 1. The van der Waals surface area contributed by atoms with Crippen molar-refractivity contribution in [1.82, 2.24) is 30.8 Å². The second-order valence-corrected chi connectivity index (χ2v) is 12.1. The highest BCUT2D eigenvalue weighted by Gasteiger charge is 2.55. The van der Waals surface area contributed by atoms with Crippen molar-refractivity contribution in [3.63, 3.8) is 0 Å². The van der Waals surface area contributed by atoms with Crippen LogP contribution in [0.5, 0.6) is 0 Å². The zero-order valence-corrected chi connectivity index (χ0v) is 21.8. The van der Waals surface area contributed by atoms with Crippen molar-refractivity contribution < 1.29 is 38.3 Å². The molecule has 4 N–H and O–H groups in total. The van der Waals surface area contributed by atoms with E-state index in [1.807, 2.05) is 0 Å². The van der Waals surface area contributed by atoms with Crippen molar-refractivity contribution in [2.75, 3.05) is 18.5 Å². The zero-order valence-electron chi connectivity index (χ0n) is 19.3. The summed E-state index contributed by atoms with van der Waals surface area (Å²) in [6.07, 6.45) is 2.18. The Labute approximate surface area is 218 Å². The van der Waals surface area contributed by atoms with E-state index in [2.05, 4.69) is 30.9 Å². The number of thioether (sulfide) groups is 2. The summed E-state index contributed by atoms with van der Waals surface area (Å²) in [5.74, 6) is -2.67. The summed E-state index contributed by atoms with van der Waals surface area (Å²) >= 11 is 2.12. The van der Waals surface area contributed by atoms with Gasteiger partial charge in [-0.3, -0.25) is 28.8 Å². The molecule has 15 nitrogen and oxygen atoms in total. The SMILES string of the molecule is CCOP(=O)(O)CC(Sc1nn[nH]n1)C1=C(C(=O)O)N2C(=O)[C@@H](NC(=O)CC3=CC(=O)CC=N3)[C@@H]2SC1. The lowest BCUT2D eigenvalue weighted by molar-refractivity contribution is -0.150. The lowest BCUT2D eigenvalue weighted by Crippen LogP contribution is -2.70. The number of nitrogens with one attached hydrogen (secondary N) is 2. The highest BCUT2D eigenvalue weighted by Crippen LogP contribution is 2.50. The average Bonchev–Trinajstić information content (AvgIpc) is 3.34. The van der Waals surface area contributed by atoms with Crippen molar-refractivity contribution in [2.45, 2.75) is 41.6 Å². The molecule has 37 heavy (non-hydrogen) atoms. The molecule has 0 aliphatic carbocycles. The molecule has 0 aromatic carbocycles. The number of amides is 2. The van der Waals surface area contributed by atoms with Crippen LogP contribution in [-0.4, -0.2) is 100 Å². The van der Waals surface area contributed by atoms with E-state index in [0.717, 1.165) is 16.7 Å². The molecule has 4 rings (SSSR count). The van der Waals surface area contributed by atoms with Gasteiger partial charge in [0.1, 0.15) is 17.1 Å². The number of aromatic nitrogens is 4. The van der Waals surface area contributed by atoms with Gasteiger partial charge in [0.05, 0.1) is 24.9 Å². The minimum Gasteiger partial charge on any atom is -0.477 e. The van der Waals surface area contributed by atoms with E-state index in [9.17, 15) is 33.7 Å². The lowest BCUT2D eigenvalue weighted by atomic mass is 10.0. The first-order valence-corrected chi connectivity index (χ1v) is 14.6. The van der Waals surface area contributed by atoms with E-state index in [0.29, 0.717) is 0 Å². The van der Waals surface area contributed by atoms with Crippen molar-refractivity contribution >= 4 is 60.9 Å². The van der Waals surface area contributed by atoms with Crippen molar-refractivity contribution in [3.8, 4) is 0 Å². The van der Waals surface area contributed by atoms with Crippen LogP contribution in [0.3, 0.4) is 0 Å². The molecule has 198 valence electrons. The van der Waals surface area contributed by atoms with Gasteiger partial charge in [-0.05, 0) is 17.7 Å². The maximum Gasteiger partial charge on any atom is 0.352 e. The summed E-state index contributed by atoms with van der Waals surface area (Å²) in [5.41, 5.74) is 0.156. The van der Waals surface area contributed by atoms with E-state index in [4.69, 9.17) is 4.52 Å². The normalized spacial score (nSPS) is 23.6. The van der Waals surface area contributed by atoms with Gasteiger partial charge in [0, 0.05) is 29.7 Å². The molecule has 18 heteroatoms. The minimum absolute atomic E-state index is 0.0304. The smallest absolute Gasteiger partial charge is 0.352 e. The van der Waals surface area contributed by atoms with Gasteiger partial charge in [0.2, 0.25) is 11.1 Å².